The number of benzene rings is 12. The van der Waals surface area contributed by atoms with Crippen LogP contribution in [-0.4, -0.2) is 0 Å². The number of hydrogen-bond acceptors (Lipinski definition) is 2. The van der Waals surface area contributed by atoms with Gasteiger partial charge in [-0.25, -0.2) is 0 Å². The lowest BCUT2D eigenvalue weighted by Crippen LogP contribution is -2.16. The highest BCUT2D eigenvalue weighted by molar-refractivity contribution is 6.26. The second-order valence-electron chi connectivity index (χ2n) is 15.3. The minimum absolute atomic E-state index is 0.835. The van der Waals surface area contributed by atoms with Gasteiger partial charge in [-0.2, -0.15) is 0 Å². The maximum absolute atomic E-state index is 7.05. The number of ether oxygens (including phenoxy) is 1. The molecule has 13 rings (SSSR count). The number of anilines is 3. The zero-order chi connectivity index (χ0) is 36.5. The Balaban J connectivity index is 1.01. The lowest BCUT2D eigenvalue weighted by molar-refractivity contribution is 0.477. The molecule has 258 valence electrons. The quantitative estimate of drug-likeness (QED) is 0.169. The summed E-state index contributed by atoms with van der Waals surface area (Å²) in [6, 6.07) is 69.1. The van der Waals surface area contributed by atoms with E-state index in [9.17, 15) is 0 Å². The van der Waals surface area contributed by atoms with Gasteiger partial charge in [-0.15, -0.1) is 0 Å². The molecule has 0 amide bonds. The maximum Gasteiger partial charge on any atom is 0.152 e. The molecule has 12 aromatic carbocycles. The highest BCUT2D eigenvalue weighted by Gasteiger charge is 2.28. The summed E-state index contributed by atoms with van der Waals surface area (Å²) in [5, 5.41) is 17.8. The van der Waals surface area contributed by atoms with E-state index in [0.717, 1.165) is 39.7 Å². The molecule has 1 aliphatic rings. The zero-order valence-electron chi connectivity index (χ0n) is 30.3. The van der Waals surface area contributed by atoms with Crippen LogP contribution in [0.15, 0.2) is 188 Å². The first kappa shape index (κ1) is 30.0. The Labute approximate surface area is 322 Å². The molecule has 1 aliphatic heterocycles. The first-order valence-electron chi connectivity index (χ1n) is 19.3. The van der Waals surface area contributed by atoms with E-state index >= 15 is 0 Å². The number of hydrogen-bond donors (Lipinski definition) is 0. The standard InChI is InChI=1S/C54H31NO/c1-2-6-39-29-42(22-15-32(39)5-1)55-47-27-20-40(43-23-16-37-13-11-33-7-3-9-35-18-25-45(43)53(37)51(33)35)30-49(47)56-50-31-41(21-28-48(50)55)44-24-17-38-14-12-34-8-4-10-36-19-26-46(44)54(38)52(34)36/h1-31H. The molecule has 2 nitrogen and oxygen atoms in total. The van der Waals surface area contributed by atoms with Gasteiger partial charge in [0.1, 0.15) is 0 Å². The highest BCUT2D eigenvalue weighted by atomic mass is 16.5. The fraction of sp³-hybridized carbons (Fsp3) is 0. The Morgan fingerprint density at radius 1 is 0.304 bits per heavy atom. The number of fused-ring (bicyclic) bond motifs is 3. The normalized spacial score (nSPS) is 12.8. The lowest BCUT2D eigenvalue weighted by Gasteiger charge is -2.33. The van der Waals surface area contributed by atoms with Gasteiger partial charge < -0.3 is 9.64 Å². The van der Waals surface area contributed by atoms with Gasteiger partial charge in [-0.1, -0.05) is 152 Å². The Morgan fingerprint density at radius 3 is 1.27 bits per heavy atom. The summed E-state index contributed by atoms with van der Waals surface area (Å²) >= 11 is 0. The third-order valence-electron chi connectivity index (χ3n) is 12.3. The maximum atomic E-state index is 7.05. The van der Waals surface area contributed by atoms with E-state index < -0.39 is 0 Å². The summed E-state index contributed by atoms with van der Waals surface area (Å²) in [7, 11) is 0. The van der Waals surface area contributed by atoms with Crippen LogP contribution in [0.1, 0.15) is 0 Å². The van der Waals surface area contributed by atoms with Crippen LogP contribution >= 0.6 is 0 Å². The van der Waals surface area contributed by atoms with E-state index in [0.29, 0.717) is 0 Å². The van der Waals surface area contributed by atoms with Gasteiger partial charge in [0.05, 0.1) is 11.4 Å². The van der Waals surface area contributed by atoms with Crippen LogP contribution in [0.5, 0.6) is 11.5 Å². The molecule has 12 aromatic rings. The van der Waals surface area contributed by atoms with Crippen molar-refractivity contribution in [2.45, 2.75) is 0 Å². The van der Waals surface area contributed by atoms with E-state index in [1.807, 2.05) is 0 Å². The average Bonchev–Trinajstić information content (AvgIpc) is 3.26. The molecule has 0 aromatic heterocycles. The van der Waals surface area contributed by atoms with Crippen LogP contribution in [0, 0.1) is 0 Å². The van der Waals surface area contributed by atoms with E-state index in [-0.39, 0.29) is 0 Å². The van der Waals surface area contributed by atoms with Crippen molar-refractivity contribution in [3.63, 3.8) is 0 Å². The molecule has 0 saturated carbocycles. The first-order chi connectivity index (χ1) is 27.7. The molecule has 56 heavy (non-hydrogen) atoms. The van der Waals surface area contributed by atoms with Crippen molar-refractivity contribution in [1.29, 1.82) is 0 Å². The first-order valence-corrected chi connectivity index (χ1v) is 19.3. The molecule has 0 unspecified atom stereocenters. The molecule has 0 bridgehead atoms. The number of rotatable bonds is 3. The van der Waals surface area contributed by atoms with Crippen molar-refractivity contribution in [2.24, 2.45) is 0 Å². The van der Waals surface area contributed by atoms with E-state index in [4.69, 9.17) is 4.74 Å². The molecule has 0 saturated heterocycles. The Kier molecular flexibility index (Phi) is 5.92. The fourth-order valence-corrected chi connectivity index (χ4v) is 9.71. The summed E-state index contributed by atoms with van der Waals surface area (Å²) in [5.74, 6) is 1.67. The second kappa shape index (κ2) is 11.1. The van der Waals surface area contributed by atoms with Crippen molar-refractivity contribution in [1.82, 2.24) is 0 Å². The summed E-state index contributed by atoms with van der Waals surface area (Å²) in [5.41, 5.74) is 7.80. The molecule has 0 fully saturated rings. The van der Waals surface area contributed by atoms with Crippen molar-refractivity contribution in [3.8, 4) is 33.8 Å². The van der Waals surface area contributed by atoms with Gasteiger partial charge in [0, 0.05) is 5.69 Å². The molecule has 1 heterocycles. The van der Waals surface area contributed by atoms with Crippen LogP contribution in [0.4, 0.5) is 17.1 Å². The molecular formula is C54H31NO. The minimum atomic E-state index is 0.835. The molecule has 0 N–H and O–H groups in total. The van der Waals surface area contributed by atoms with Gasteiger partial charge in [0.2, 0.25) is 0 Å². The van der Waals surface area contributed by atoms with Crippen molar-refractivity contribution >= 4 is 92.5 Å². The Morgan fingerprint density at radius 2 is 0.732 bits per heavy atom. The molecule has 0 radical (unpaired) electrons. The van der Waals surface area contributed by atoms with Gasteiger partial charge in [0.25, 0.3) is 0 Å². The van der Waals surface area contributed by atoms with Crippen LogP contribution in [-0.2, 0) is 0 Å². The van der Waals surface area contributed by atoms with Crippen LogP contribution in [0.25, 0.3) is 97.7 Å². The van der Waals surface area contributed by atoms with Crippen molar-refractivity contribution in [3.05, 3.63) is 188 Å². The third kappa shape index (κ3) is 4.16. The SMILES string of the molecule is c1ccc2cc(N3c4ccc(-c5ccc6ccc7cccc8ccc5c6c78)cc4Oc4cc(-c5ccc6ccc7cccc8ccc5c6c78)ccc43)ccc2c1. The summed E-state index contributed by atoms with van der Waals surface area (Å²) in [6.07, 6.45) is 0. The molecular weight excluding hydrogens is 679 g/mol. The van der Waals surface area contributed by atoms with E-state index in [1.54, 1.807) is 0 Å². The Bertz CT molecular complexity index is 3350. The van der Waals surface area contributed by atoms with Crippen LogP contribution in [0.3, 0.4) is 0 Å². The number of nitrogens with zero attached hydrogens (tertiary/aromatic N) is 1. The van der Waals surface area contributed by atoms with Crippen LogP contribution in [0.2, 0.25) is 0 Å². The molecule has 0 aliphatic carbocycles. The summed E-state index contributed by atoms with van der Waals surface area (Å²) in [6.45, 7) is 0. The monoisotopic (exact) mass is 709 g/mol. The minimum Gasteiger partial charge on any atom is -0.453 e. The van der Waals surface area contributed by atoms with E-state index in [2.05, 4.69) is 193 Å². The third-order valence-corrected chi connectivity index (χ3v) is 12.3. The summed E-state index contributed by atoms with van der Waals surface area (Å²) < 4.78 is 7.05. The zero-order valence-corrected chi connectivity index (χ0v) is 30.3. The summed E-state index contributed by atoms with van der Waals surface area (Å²) in [4.78, 5) is 2.36. The average molecular weight is 710 g/mol. The smallest absolute Gasteiger partial charge is 0.152 e. The lowest BCUT2D eigenvalue weighted by atomic mass is 9.89. The Hall–Kier alpha value is -7.42. The van der Waals surface area contributed by atoms with E-state index in [1.165, 1.54) is 86.5 Å². The van der Waals surface area contributed by atoms with Gasteiger partial charge in [-0.05, 0) is 134 Å². The largest absolute Gasteiger partial charge is 0.453 e. The van der Waals surface area contributed by atoms with Crippen molar-refractivity contribution < 1.29 is 4.74 Å². The van der Waals surface area contributed by atoms with Gasteiger partial charge in [0.15, 0.2) is 11.5 Å². The second-order valence-corrected chi connectivity index (χ2v) is 15.3. The predicted octanol–water partition coefficient (Wildman–Crippen LogP) is 15.5. The molecule has 2 heteroatoms. The van der Waals surface area contributed by atoms with Crippen LogP contribution < -0.4 is 9.64 Å². The predicted molar refractivity (Wildman–Crippen MR) is 237 cm³/mol. The fourth-order valence-electron chi connectivity index (χ4n) is 9.71. The topological polar surface area (TPSA) is 12.5 Å². The van der Waals surface area contributed by atoms with Gasteiger partial charge in [-0.3, -0.25) is 0 Å². The van der Waals surface area contributed by atoms with Gasteiger partial charge >= 0.3 is 0 Å². The molecule has 0 spiro atoms. The highest BCUT2D eigenvalue weighted by Crippen LogP contribution is 2.53. The van der Waals surface area contributed by atoms with Crippen molar-refractivity contribution in [2.75, 3.05) is 4.90 Å². The molecule has 0 atom stereocenters.